The summed E-state index contributed by atoms with van der Waals surface area (Å²) in [7, 11) is 0. The third-order valence-electron chi connectivity index (χ3n) is 3.01. The minimum absolute atomic E-state index is 0.0433. The number of hydrogen-bond acceptors (Lipinski definition) is 6. The molecular weight excluding hydrogens is 314 g/mol. The summed E-state index contributed by atoms with van der Waals surface area (Å²) in [5.74, 6) is 0.530. The fourth-order valence-corrected chi connectivity index (χ4v) is 1.87. The molecule has 0 spiro atoms. The van der Waals surface area contributed by atoms with E-state index in [4.69, 9.17) is 14.2 Å². The molecule has 7 nitrogen and oxygen atoms in total. The van der Waals surface area contributed by atoms with Gasteiger partial charge in [-0.15, -0.1) is 0 Å². The normalized spacial score (nSPS) is 10.0. The van der Waals surface area contributed by atoms with Crippen LogP contribution >= 0.6 is 0 Å². The molecule has 24 heavy (non-hydrogen) atoms. The molecule has 0 aliphatic heterocycles. The second kappa shape index (κ2) is 8.52. The molecule has 0 heterocycles. The smallest absolute Gasteiger partial charge is 0.344 e. The molecule has 0 aliphatic rings. The van der Waals surface area contributed by atoms with Gasteiger partial charge in [-0.3, -0.25) is 10.1 Å². The summed E-state index contributed by atoms with van der Waals surface area (Å²) >= 11 is 0. The Bertz CT molecular complexity index is 698. The van der Waals surface area contributed by atoms with Crippen molar-refractivity contribution in [3.63, 3.8) is 0 Å². The Morgan fingerprint density at radius 1 is 1.04 bits per heavy atom. The number of nitro groups is 1. The van der Waals surface area contributed by atoms with Crippen LogP contribution in [0.5, 0.6) is 11.5 Å². The number of hydrogen-bond donors (Lipinski definition) is 0. The van der Waals surface area contributed by atoms with Crippen LogP contribution < -0.4 is 9.47 Å². The predicted octanol–water partition coefficient (Wildman–Crippen LogP) is 2.90. The molecule has 0 aliphatic carbocycles. The SMILES string of the molecule is Cc1cccc(OCCOC(=O)COc2ccc([N+](=O)[O-])cc2)c1. The first-order valence-corrected chi connectivity index (χ1v) is 7.27. The van der Waals surface area contributed by atoms with Gasteiger partial charge in [0.15, 0.2) is 6.61 Å². The van der Waals surface area contributed by atoms with Crippen molar-refractivity contribution in [1.29, 1.82) is 0 Å². The molecule has 0 amide bonds. The highest BCUT2D eigenvalue weighted by Crippen LogP contribution is 2.17. The molecule has 126 valence electrons. The molecular formula is C17H17NO6. The molecule has 0 aromatic heterocycles. The van der Waals surface area contributed by atoms with Crippen molar-refractivity contribution in [1.82, 2.24) is 0 Å². The molecule has 0 unspecified atom stereocenters. The number of nitro benzene ring substituents is 1. The third-order valence-corrected chi connectivity index (χ3v) is 3.01. The van der Waals surface area contributed by atoms with Crippen molar-refractivity contribution < 1.29 is 23.9 Å². The van der Waals surface area contributed by atoms with Gasteiger partial charge >= 0.3 is 5.97 Å². The Hall–Kier alpha value is -3.09. The van der Waals surface area contributed by atoms with E-state index in [1.165, 1.54) is 24.3 Å². The lowest BCUT2D eigenvalue weighted by atomic mass is 10.2. The molecule has 0 saturated heterocycles. The summed E-state index contributed by atoms with van der Waals surface area (Å²) in [5, 5.41) is 10.5. The van der Waals surface area contributed by atoms with E-state index in [-0.39, 0.29) is 25.5 Å². The van der Waals surface area contributed by atoms with Gasteiger partial charge in [0.1, 0.15) is 24.7 Å². The molecule has 0 atom stereocenters. The van der Waals surface area contributed by atoms with Crippen molar-refractivity contribution >= 4 is 11.7 Å². The van der Waals surface area contributed by atoms with Crippen LogP contribution in [0.25, 0.3) is 0 Å². The van der Waals surface area contributed by atoms with Crippen molar-refractivity contribution in [2.24, 2.45) is 0 Å². The summed E-state index contributed by atoms with van der Waals surface area (Å²) < 4.78 is 15.6. The van der Waals surface area contributed by atoms with Gasteiger partial charge < -0.3 is 14.2 Å². The molecule has 2 aromatic rings. The molecule has 0 bridgehead atoms. The Morgan fingerprint density at radius 2 is 1.79 bits per heavy atom. The quantitative estimate of drug-likeness (QED) is 0.320. The van der Waals surface area contributed by atoms with Gasteiger partial charge in [-0.2, -0.15) is 0 Å². The van der Waals surface area contributed by atoms with Crippen molar-refractivity contribution in [2.75, 3.05) is 19.8 Å². The van der Waals surface area contributed by atoms with Crippen molar-refractivity contribution in [3.8, 4) is 11.5 Å². The minimum Gasteiger partial charge on any atom is -0.490 e. The van der Waals surface area contributed by atoms with E-state index in [9.17, 15) is 14.9 Å². The van der Waals surface area contributed by atoms with E-state index in [1.807, 2.05) is 31.2 Å². The number of rotatable bonds is 8. The van der Waals surface area contributed by atoms with E-state index < -0.39 is 10.9 Å². The second-order valence-electron chi connectivity index (χ2n) is 4.93. The monoisotopic (exact) mass is 331 g/mol. The molecule has 0 N–H and O–H groups in total. The van der Waals surface area contributed by atoms with Gasteiger partial charge in [0.25, 0.3) is 5.69 Å². The van der Waals surface area contributed by atoms with Gasteiger partial charge in [-0.1, -0.05) is 12.1 Å². The zero-order valence-electron chi connectivity index (χ0n) is 13.1. The third kappa shape index (κ3) is 5.60. The lowest BCUT2D eigenvalue weighted by molar-refractivity contribution is -0.384. The number of carbonyl (C=O) groups excluding carboxylic acids is 1. The topological polar surface area (TPSA) is 87.9 Å². The number of carbonyl (C=O) groups is 1. The van der Waals surface area contributed by atoms with Crippen LogP contribution in [0.15, 0.2) is 48.5 Å². The molecule has 2 aromatic carbocycles. The van der Waals surface area contributed by atoms with Gasteiger partial charge in [-0.25, -0.2) is 4.79 Å². The van der Waals surface area contributed by atoms with Crippen LogP contribution in [-0.4, -0.2) is 30.7 Å². The van der Waals surface area contributed by atoms with Gasteiger partial charge in [-0.05, 0) is 36.8 Å². The maximum Gasteiger partial charge on any atom is 0.344 e. The number of nitrogens with zero attached hydrogens (tertiary/aromatic N) is 1. The van der Waals surface area contributed by atoms with E-state index in [1.54, 1.807) is 0 Å². The summed E-state index contributed by atoms with van der Waals surface area (Å²) in [4.78, 5) is 21.6. The summed E-state index contributed by atoms with van der Waals surface area (Å²) in [6, 6.07) is 13.0. The maximum absolute atomic E-state index is 11.5. The van der Waals surface area contributed by atoms with Gasteiger partial charge in [0, 0.05) is 12.1 Å². The molecule has 0 fully saturated rings. The fourth-order valence-electron chi connectivity index (χ4n) is 1.87. The Morgan fingerprint density at radius 3 is 2.46 bits per heavy atom. The first kappa shape index (κ1) is 17.3. The number of esters is 1. The lowest BCUT2D eigenvalue weighted by Gasteiger charge is -2.09. The van der Waals surface area contributed by atoms with Crippen LogP contribution in [0.1, 0.15) is 5.56 Å². The predicted molar refractivity (Wildman–Crippen MR) is 86.2 cm³/mol. The highest BCUT2D eigenvalue weighted by atomic mass is 16.6. The highest BCUT2D eigenvalue weighted by Gasteiger charge is 2.07. The van der Waals surface area contributed by atoms with Crippen LogP contribution in [0.4, 0.5) is 5.69 Å². The number of benzene rings is 2. The number of non-ortho nitro benzene ring substituents is 1. The van der Waals surface area contributed by atoms with E-state index in [0.29, 0.717) is 11.5 Å². The number of ether oxygens (including phenoxy) is 3. The van der Waals surface area contributed by atoms with E-state index in [2.05, 4.69) is 0 Å². The molecule has 2 rings (SSSR count). The Labute approximate surface area is 138 Å². The second-order valence-corrected chi connectivity index (χ2v) is 4.93. The lowest BCUT2D eigenvalue weighted by Crippen LogP contribution is -2.18. The van der Waals surface area contributed by atoms with Crippen LogP contribution in [0, 0.1) is 17.0 Å². The van der Waals surface area contributed by atoms with Crippen LogP contribution in [-0.2, 0) is 9.53 Å². The maximum atomic E-state index is 11.5. The van der Waals surface area contributed by atoms with Crippen LogP contribution in [0.3, 0.4) is 0 Å². The summed E-state index contributed by atoms with van der Waals surface area (Å²) in [6.45, 7) is 2.04. The standard InChI is InChI=1S/C17H17NO6/c1-13-3-2-4-16(11-13)22-9-10-23-17(19)12-24-15-7-5-14(6-8-15)18(20)21/h2-8,11H,9-10,12H2,1H3. The average Bonchev–Trinajstić information content (AvgIpc) is 2.57. The largest absolute Gasteiger partial charge is 0.490 e. The molecule has 7 heteroatoms. The number of aryl methyl sites for hydroxylation is 1. The first-order valence-electron chi connectivity index (χ1n) is 7.27. The van der Waals surface area contributed by atoms with Gasteiger partial charge in [0.2, 0.25) is 0 Å². The van der Waals surface area contributed by atoms with Crippen molar-refractivity contribution in [2.45, 2.75) is 6.92 Å². The van der Waals surface area contributed by atoms with Crippen LogP contribution in [0.2, 0.25) is 0 Å². The summed E-state index contributed by atoms with van der Waals surface area (Å²) in [5.41, 5.74) is 1.04. The minimum atomic E-state index is -0.541. The van der Waals surface area contributed by atoms with Gasteiger partial charge in [0.05, 0.1) is 4.92 Å². The first-order chi connectivity index (χ1) is 11.5. The average molecular weight is 331 g/mol. The summed E-state index contributed by atoms with van der Waals surface area (Å²) in [6.07, 6.45) is 0. The highest BCUT2D eigenvalue weighted by molar-refractivity contribution is 5.71. The zero-order valence-corrected chi connectivity index (χ0v) is 13.1. The Balaban J connectivity index is 1.65. The molecule has 0 radical (unpaired) electrons. The fraction of sp³-hybridized carbons (Fsp3) is 0.235. The van der Waals surface area contributed by atoms with Crippen molar-refractivity contribution in [3.05, 3.63) is 64.2 Å². The van der Waals surface area contributed by atoms with E-state index >= 15 is 0 Å². The zero-order chi connectivity index (χ0) is 17.4. The Kier molecular flexibility index (Phi) is 6.13. The molecule has 0 saturated carbocycles. The van der Waals surface area contributed by atoms with E-state index in [0.717, 1.165) is 5.56 Å².